The molecule has 0 unspecified atom stereocenters. The fourth-order valence-electron chi connectivity index (χ4n) is 4.09. The smallest absolute Gasteiger partial charge is 0.337 e. The minimum atomic E-state index is -1.04. The van der Waals surface area contributed by atoms with E-state index in [1.165, 1.54) is 32.4 Å². The van der Waals surface area contributed by atoms with Crippen molar-refractivity contribution in [3.05, 3.63) is 52.3 Å². The SMILES string of the molecule is CCCCN1C(=O)C(=O)N(CC(=O)c2cc(C)n(-c3cc(C(=O)OC)cc(C(=O)OC)c3)c2C)C1=O. The van der Waals surface area contributed by atoms with Crippen LogP contribution in [0.5, 0.6) is 0 Å². The molecule has 0 radical (unpaired) electrons. The van der Waals surface area contributed by atoms with Crippen molar-refractivity contribution >= 4 is 35.6 Å². The van der Waals surface area contributed by atoms with Gasteiger partial charge in [0.25, 0.3) is 0 Å². The van der Waals surface area contributed by atoms with Crippen LogP contribution in [0, 0.1) is 13.8 Å². The van der Waals surface area contributed by atoms with Crippen LogP contribution in [0.4, 0.5) is 4.79 Å². The Kier molecular flexibility index (Phi) is 7.71. The van der Waals surface area contributed by atoms with Crippen molar-refractivity contribution < 1.29 is 38.2 Å². The number of ketones is 1. The molecule has 0 spiro atoms. The summed E-state index contributed by atoms with van der Waals surface area (Å²) in [4.78, 5) is 76.2. The first-order valence-electron chi connectivity index (χ1n) is 11.3. The molecule has 2 aromatic rings. The third-order valence-corrected chi connectivity index (χ3v) is 5.92. The van der Waals surface area contributed by atoms with E-state index in [4.69, 9.17) is 9.47 Å². The summed E-state index contributed by atoms with van der Waals surface area (Å²) in [5.74, 6) is -3.85. The first-order valence-corrected chi connectivity index (χ1v) is 11.3. The van der Waals surface area contributed by atoms with Gasteiger partial charge in [0.1, 0.15) is 0 Å². The maximum absolute atomic E-state index is 13.1. The molecule has 0 N–H and O–H groups in total. The molecule has 1 aliphatic heterocycles. The Hall–Kier alpha value is -4.28. The van der Waals surface area contributed by atoms with Crippen molar-refractivity contribution in [2.45, 2.75) is 33.6 Å². The van der Waals surface area contributed by atoms with E-state index in [0.717, 1.165) is 11.3 Å². The van der Waals surface area contributed by atoms with Gasteiger partial charge in [-0.25, -0.2) is 19.3 Å². The molecule has 0 saturated carbocycles. The van der Waals surface area contributed by atoms with Gasteiger partial charge in [0.15, 0.2) is 5.78 Å². The zero-order chi connectivity index (χ0) is 26.7. The fourth-order valence-corrected chi connectivity index (χ4v) is 4.09. The topological polar surface area (TPSA) is 132 Å². The van der Waals surface area contributed by atoms with E-state index < -0.39 is 42.1 Å². The normalized spacial score (nSPS) is 13.4. The summed E-state index contributed by atoms with van der Waals surface area (Å²) < 4.78 is 11.2. The predicted molar refractivity (Wildman–Crippen MR) is 126 cm³/mol. The zero-order valence-electron chi connectivity index (χ0n) is 20.7. The summed E-state index contributed by atoms with van der Waals surface area (Å²) in [5, 5.41) is 0. The van der Waals surface area contributed by atoms with Crippen molar-refractivity contribution in [2.75, 3.05) is 27.3 Å². The molecular formula is C25H27N3O8. The fraction of sp³-hybridized carbons (Fsp3) is 0.360. The largest absolute Gasteiger partial charge is 0.465 e. The predicted octanol–water partition coefficient (Wildman–Crippen LogP) is 2.44. The number of imide groups is 2. The summed E-state index contributed by atoms with van der Waals surface area (Å²) in [6.45, 7) is 4.77. The van der Waals surface area contributed by atoms with Crippen LogP contribution in [0.1, 0.15) is 62.2 Å². The van der Waals surface area contributed by atoms with Crippen LogP contribution >= 0.6 is 0 Å². The Morgan fingerprint density at radius 1 is 0.833 bits per heavy atom. The van der Waals surface area contributed by atoms with Crippen molar-refractivity contribution in [1.29, 1.82) is 0 Å². The average molecular weight is 498 g/mol. The number of amides is 4. The molecule has 36 heavy (non-hydrogen) atoms. The second kappa shape index (κ2) is 10.5. The molecule has 1 saturated heterocycles. The van der Waals surface area contributed by atoms with Gasteiger partial charge in [0.2, 0.25) is 0 Å². The van der Waals surface area contributed by atoms with Crippen LogP contribution in [-0.4, -0.2) is 77.2 Å². The number of Topliss-reactive ketones (excluding diaryl/α,β-unsaturated/α-hetero) is 1. The summed E-state index contributed by atoms with van der Waals surface area (Å²) in [5.41, 5.74) is 1.87. The number of unbranched alkanes of at least 4 members (excludes halogenated alkanes) is 1. The minimum absolute atomic E-state index is 0.106. The van der Waals surface area contributed by atoms with Crippen molar-refractivity contribution in [3.8, 4) is 5.69 Å². The Morgan fingerprint density at radius 3 is 1.92 bits per heavy atom. The second-order valence-electron chi connectivity index (χ2n) is 8.28. The molecular weight excluding hydrogens is 470 g/mol. The molecule has 11 nitrogen and oxygen atoms in total. The maximum atomic E-state index is 13.1. The summed E-state index contributed by atoms with van der Waals surface area (Å²) >= 11 is 0. The average Bonchev–Trinajstić information content (AvgIpc) is 3.28. The highest BCUT2D eigenvalue weighted by Crippen LogP contribution is 2.25. The molecule has 3 rings (SSSR count). The monoisotopic (exact) mass is 497 g/mol. The lowest BCUT2D eigenvalue weighted by Gasteiger charge is -2.15. The molecule has 1 aromatic heterocycles. The van der Waals surface area contributed by atoms with Crippen LogP contribution in [-0.2, 0) is 19.1 Å². The Morgan fingerprint density at radius 2 is 1.39 bits per heavy atom. The molecule has 190 valence electrons. The van der Waals surface area contributed by atoms with Gasteiger partial charge < -0.3 is 14.0 Å². The molecule has 4 amide bonds. The number of esters is 2. The van der Waals surface area contributed by atoms with Crippen molar-refractivity contribution in [1.82, 2.24) is 14.4 Å². The number of aryl methyl sites for hydroxylation is 1. The number of urea groups is 1. The van der Waals surface area contributed by atoms with Gasteiger partial charge in [0, 0.05) is 29.2 Å². The lowest BCUT2D eigenvalue weighted by molar-refractivity contribution is -0.143. The first kappa shape index (κ1) is 26.3. The number of hydrogen-bond donors (Lipinski definition) is 0. The van der Waals surface area contributed by atoms with Crippen LogP contribution in [0.15, 0.2) is 24.3 Å². The minimum Gasteiger partial charge on any atom is -0.465 e. The van der Waals surface area contributed by atoms with Gasteiger partial charge in [0.05, 0.1) is 31.9 Å². The van der Waals surface area contributed by atoms with Gasteiger partial charge in [-0.05, 0) is 44.5 Å². The molecule has 2 heterocycles. The van der Waals surface area contributed by atoms with E-state index in [1.807, 2.05) is 6.92 Å². The van der Waals surface area contributed by atoms with Gasteiger partial charge in [-0.1, -0.05) is 13.3 Å². The molecule has 1 aliphatic rings. The van der Waals surface area contributed by atoms with E-state index in [-0.39, 0.29) is 23.2 Å². The Bertz CT molecular complexity index is 1240. The third-order valence-electron chi connectivity index (χ3n) is 5.92. The number of hydrogen-bond acceptors (Lipinski definition) is 8. The lowest BCUT2D eigenvalue weighted by Crippen LogP contribution is -2.37. The molecule has 0 bridgehead atoms. The van der Waals surface area contributed by atoms with Gasteiger partial charge in [-0.2, -0.15) is 0 Å². The number of aromatic nitrogens is 1. The summed E-state index contributed by atoms with van der Waals surface area (Å²) in [6, 6.07) is 5.11. The lowest BCUT2D eigenvalue weighted by atomic mass is 10.1. The zero-order valence-corrected chi connectivity index (χ0v) is 20.7. The molecule has 11 heteroatoms. The number of nitrogens with zero attached hydrogens (tertiary/aromatic N) is 3. The highest BCUT2D eigenvalue weighted by Gasteiger charge is 2.45. The van der Waals surface area contributed by atoms with Crippen LogP contribution < -0.4 is 0 Å². The standard InChI is InChI=1S/C25H27N3O8/c1-6-7-8-26-21(30)22(31)27(25(26)34)13-20(29)19-9-14(2)28(15(19)3)18-11-16(23(32)35-4)10-17(12-18)24(33)36-5/h9-12H,6-8,13H2,1-5H3. The van der Waals surface area contributed by atoms with E-state index in [9.17, 15) is 28.8 Å². The molecule has 1 aromatic carbocycles. The highest BCUT2D eigenvalue weighted by atomic mass is 16.5. The first-order chi connectivity index (χ1) is 17.0. The molecule has 1 fully saturated rings. The second-order valence-corrected chi connectivity index (χ2v) is 8.28. The van der Waals surface area contributed by atoms with E-state index in [1.54, 1.807) is 24.5 Å². The van der Waals surface area contributed by atoms with Gasteiger partial charge >= 0.3 is 29.8 Å². The van der Waals surface area contributed by atoms with Gasteiger partial charge in [-0.3, -0.25) is 19.3 Å². The molecule has 0 atom stereocenters. The van der Waals surface area contributed by atoms with Gasteiger partial charge in [-0.15, -0.1) is 0 Å². The number of rotatable bonds is 9. The summed E-state index contributed by atoms with van der Waals surface area (Å²) in [6.07, 6.45) is 1.27. The quantitative estimate of drug-likeness (QED) is 0.223. The van der Waals surface area contributed by atoms with E-state index >= 15 is 0 Å². The number of carbonyl (C=O) groups excluding carboxylic acids is 6. The number of benzene rings is 1. The van der Waals surface area contributed by atoms with Crippen LogP contribution in [0.3, 0.4) is 0 Å². The number of methoxy groups -OCH3 is 2. The highest BCUT2D eigenvalue weighted by molar-refractivity contribution is 6.45. The van der Waals surface area contributed by atoms with Crippen LogP contribution in [0.2, 0.25) is 0 Å². The van der Waals surface area contributed by atoms with Crippen LogP contribution in [0.25, 0.3) is 5.69 Å². The van der Waals surface area contributed by atoms with Crippen molar-refractivity contribution in [3.63, 3.8) is 0 Å². The number of ether oxygens (including phenoxy) is 2. The Balaban J connectivity index is 1.97. The molecule has 0 aliphatic carbocycles. The summed E-state index contributed by atoms with van der Waals surface area (Å²) in [7, 11) is 2.43. The number of carbonyl (C=O) groups is 6. The van der Waals surface area contributed by atoms with E-state index in [2.05, 4.69) is 0 Å². The third kappa shape index (κ3) is 4.77. The Labute approximate surface area is 207 Å². The van der Waals surface area contributed by atoms with Crippen molar-refractivity contribution in [2.24, 2.45) is 0 Å². The maximum Gasteiger partial charge on any atom is 0.337 e. The van der Waals surface area contributed by atoms with E-state index in [0.29, 0.717) is 28.4 Å².